The van der Waals surface area contributed by atoms with Crippen LogP contribution < -0.4 is 4.90 Å². The van der Waals surface area contributed by atoms with Gasteiger partial charge in [-0.2, -0.15) is 0 Å². The van der Waals surface area contributed by atoms with Crippen LogP contribution in [0.25, 0.3) is 89.1 Å². The number of benzene rings is 9. The molecular formula is C72H65N5O. The summed E-state index contributed by atoms with van der Waals surface area (Å²) in [5.74, 6) is 0.875. The van der Waals surface area contributed by atoms with Crippen molar-refractivity contribution in [2.75, 3.05) is 4.90 Å². The molecule has 0 aliphatic rings. The third kappa shape index (κ3) is 9.21. The van der Waals surface area contributed by atoms with E-state index >= 15 is 0 Å². The van der Waals surface area contributed by atoms with Crippen LogP contribution in [0.1, 0.15) is 79.0 Å². The molecular weight excluding hydrogens is 951 g/mol. The molecule has 0 aliphatic carbocycles. The molecule has 0 unspecified atom stereocenters. The van der Waals surface area contributed by atoms with Crippen LogP contribution in [0.5, 0.6) is 5.75 Å². The average molecular weight is 1020 g/mol. The summed E-state index contributed by atoms with van der Waals surface area (Å²) in [6.07, 6.45) is 1.94. The molecule has 0 bridgehead atoms. The van der Waals surface area contributed by atoms with Crippen LogP contribution in [0.15, 0.2) is 225 Å². The fourth-order valence-corrected chi connectivity index (χ4v) is 11.0. The SMILES string of the molecule is CC(C)(C)c1cc(-c2cc(-c3ccc4c5ccccc5n(-c5ccc(N(c6ccccc6)c6ccccc6)cc5)c4c3)ccn2)cc(-c2cccc3c2nc(-c2ccccc2O)n3-c2cc(C(C)(C)C)cc(C(C)(C)C)c2)c1. The Labute approximate surface area is 458 Å². The molecule has 0 atom stereocenters. The summed E-state index contributed by atoms with van der Waals surface area (Å²) >= 11 is 0. The molecule has 3 heterocycles. The van der Waals surface area contributed by atoms with E-state index in [1.165, 1.54) is 27.5 Å². The lowest BCUT2D eigenvalue weighted by Crippen LogP contribution is -2.17. The number of fused-ring (bicyclic) bond motifs is 4. The highest BCUT2D eigenvalue weighted by Gasteiger charge is 2.26. The normalized spacial score (nSPS) is 12.2. The number of phenolic OH excluding ortho intramolecular Hbond substituents is 1. The first kappa shape index (κ1) is 49.9. The van der Waals surface area contributed by atoms with E-state index in [0.29, 0.717) is 11.4 Å². The van der Waals surface area contributed by atoms with Crippen molar-refractivity contribution in [2.24, 2.45) is 0 Å². The van der Waals surface area contributed by atoms with E-state index in [4.69, 9.17) is 9.97 Å². The van der Waals surface area contributed by atoms with Crippen molar-refractivity contribution in [3.05, 3.63) is 241 Å². The van der Waals surface area contributed by atoms with E-state index < -0.39 is 0 Å². The first-order chi connectivity index (χ1) is 37.5. The maximum Gasteiger partial charge on any atom is 0.149 e. The molecule has 9 aromatic carbocycles. The number of anilines is 3. The van der Waals surface area contributed by atoms with Crippen LogP contribution in [-0.2, 0) is 16.2 Å². The number of aromatic nitrogens is 4. The summed E-state index contributed by atoms with van der Waals surface area (Å²) in [7, 11) is 0. The summed E-state index contributed by atoms with van der Waals surface area (Å²) in [4.78, 5) is 12.9. The van der Waals surface area contributed by atoms with Crippen LogP contribution in [-0.4, -0.2) is 24.2 Å². The highest BCUT2D eigenvalue weighted by Crippen LogP contribution is 2.43. The van der Waals surface area contributed by atoms with Gasteiger partial charge in [0.15, 0.2) is 0 Å². The number of hydrogen-bond acceptors (Lipinski definition) is 4. The van der Waals surface area contributed by atoms with Gasteiger partial charge in [0.2, 0.25) is 0 Å². The van der Waals surface area contributed by atoms with Gasteiger partial charge in [-0.1, -0.05) is 165 Å². The number of pyridine rings is 1. The van der Waals surface area contributed by atoms with E-state index in [2.05, 4.69) is 270 Å². The van der Waals surface area contributed by atoms with Crippen molar-refractivity contribution < 1.29 is 5.11 Å². The molecule has 0 amide bonds. The van der Waals surface area contributed by atoms with Crippen LogP contribution in [0, 0.1) is 0 Å². The van der Waals surface area contributed by atoms with Crippen molar-refractivity contribution in [3.8, 4) is 62.0 Å². The second-order valence-corrected chi connectivity index (χ2v) is 23.8. The quantitative estimate of drug-likeness (QED) is 0.157. The minimum atomic E-state index is -0.175. The van der Waals surface area contributed by atoms with Crippen LogP contribution >= 0.6 is 0 Å². The summed E-state index contributed by atoms with van der Waals surface area (Å²) in [5.41, 5.74) is 19.6. The zero-order valence-electron chi connectivity index (χ0n) is 46.0. The molecule has 0 aliphatic heterocycles. The summed E-state index contributed by atoms with van der Waals surface area (Å²) in [6.45, 7) is 20.4. The number of imidazole rings is 1. The summed E-state index contributed by atoms with van der Waals surface area (Å²) in [5, 5.41) is 13.9. The van der Waals surface area contributed by atoms with Gasteiger partial charge in [-0.3, -0.25) is 9.55 Å². The Balaban J connectivity index is 0.976. The standard InChI is InChI=1S/C72H65N5O/c1-70(2,3)51-40-49(59-27-20-29-65-68(59)74-69(62-26-17-19-30-67(62)78)77(65)58-45-52(71(4,5)6)44-53(46-58)72(7,8)9)39-50(41-51)63-42-48(37-38-73-63)47-31-36-61-60-25-16-18-28-64(60)76(66(61)43-47)57-34-32-56(33-35-57)75(54-21-12-10-13-22-54)55-23-14-11-15-24-55/h10-46,78H,1-9H3. The Morgan fingerprint density at radius 3 is 1.60 bits per heavy atom. The number of hydrogen-bond donors (Lipinski definition) is 1. The second-order valence-electron chi connectivity index (χ2n) is 23.8. The van der Waals surface area contributed by atoms with Crippen molar-refractivity contribution in [3.63, 3.8) is 0 Å². The van der Waals surface area contributed by atoms with Crippen LogP contribution in [0.2, 0.25) is 0 Å². The first-order valence-electron chi connectivity index (χ1n) is 27.1. The molecule has 12 aromatic rings. The smallest absolute Gasteiger partial charge is 0.149 e. The average Bonchev–Trinajstić information content (AvgIpc) is 4.14. The lowest BCUT2D eigenvalue weighted by atomic mass is 9.80. The van der Waals surface area contributed by atoms with Gasteiger partial charge in [-0.25, -0.2) is 4.98 Å². The van der Waals surface area contributed by atoms with Crippen molar-refractivity contribution in [1.29, 1.82) is 0 Å². The van der Waals surface area contributed by atoms with Crippen molar-refractivity contribution in [2.45, 2.75) is 78.6 Å². The molecule has 0 saturated heterocycles. The molecule has 0 fully saturated rings. The fourth-order valence-electron chi connectivity index (χ4n) is 11.0. The van der Waals surface area contributed by atoms with E-state index in [-0.39, 0.29) is 22.0 Å². The van der Waals surface area contributed by atoms with Crippen molar-refractivity contribution in [1.82, 2.24) is 19.1 Å². The molecule has 1 N–H and O–H groups in total. The van der Waals surface area contributed by atoms with Gasteiger partial charge in [0, 0.05) is 56.5 Å². The van der Waals surface area contributed by atoms with Gasteiger partial charge in [0.25, 0.3) is 0 Å². The third-order valence-corrected chi connectivity index (χ3v) is 15.3. The number of nitrogens with zero attached hydrogens (tertiary/aromatic N) is 5. The third-order valence-electron chi connectivity index (χ3n) is 15.3. The molecule has 6 nitrogen and oxygen atoms in total. The van der Waals surface area contributed by atoms with Gasteiger partial charge in [0.05, 0.1) is 33.3 Å². The Morgan fingerprint density at radius 2 is 0.936 bits per heavy atom. The highest BCUT2D eigenvalue weighted by atomic mass is 16.3. The van der Waals surface area contributed by atoms with E-state index in [9.17, 15) is 5.11 Å². The van der Waals surface area contributed by atoms with Gasteiger partial charge in [-0.15, -0.1) is 0 Å². The maximum absolute atomic E-state index is 11.5. The number of phenols is 1. The van der Waals surface area contributed by atoms with Gasteiger partial charge >= 0.3 is 0 Å². The maximum atomic E-state index is 11.5. The van der Waals surface area contributed by atoms with Gasteiger partial charge in [-0.05, 0) is 165 Å². The molecule has 3 aromatic heterocycles. The van der Waals surface area contributed by atoms with Crippen LogP contribution in [0.4, 0.5) is 17.1 Å². The lowest BCUT2D eigenvalue weighted by Gasteiger charge is -2.27. The molecule has 0 saturated carbocycles. The second kappa shape index (κ2) is 19.2. The first-order valence-corrected chi connectivity index (χ1v) is 27.1. The Bertz CT molecular complexity index is 4130. The minimum Gasteiger partial charge on any atom is -0.507 e. The molecule has 12 rings (SSSR count). The molecule has 384 valence electrons. The summed E-state index contributed by atoms with van der Waals surface area (Å²) < 4.78 is 4.64. The molecule has 0 spiro atoms. The Morgan fingerprint density at radius 1 is 0.385 bits per heavy atom. The fraction of sp³-hybridized carbons (Fsp3) is 0.167. The molecule has 0 radical (unpaired) electrons. The number of aromatic hydroxyl groups is 1. The lowest BCUT2D eigenvalue weighted by molar-refractivity contribution is 0.477. The monoisotopic (exact) mass is 1020 g/mol. The molecule has 6 heteroatoms. The number of rotatable bonds is 9. The topological polar surface area (TPSA) is 59.1 Å². The van der Waals surface area contributed by atoms with Gasteiger partial charge < -0.3 is 14.6 Å². The molecule has 78 heavy (non-hydrogen) atoms. The van der Waals surface area contributed by atoms with E-state index in [0.717, 1.165) is 84.0 Å². The predicted molar refractivity (Wildman–Crippen MR) is 327 cm³/mol. The summed E-state index contributed by atoms with van der Waals surface area (Å²) in [6, 6.07) is 77.8. The predicted octanol–water partition coefficient (Wildman–Crippen LogP) is 19.3. The highest BCUT2D eigenvalue weighted by molar-refractivity contribution is 6.10. The Kier molecular flexibility index (Phi) is 12.3. The zero-order valence-corrected chi connectivity index (χ0v) is 46.0. The van der Waals surface area contributed by atoms with Crippen LogP contribution in [0.3, 0.4) is 0 Å². The zero-order chi connectivity index (χ0) is 54.1. The minimum absolute atomic E-state index is 0.100. The Hall–Kier alpha value is -9.00. The van der Waals surface area contributed by atoms with Crippen molar-refractivity contribution >= 4 is 49.9 Å². The largest absolute Gasteiger partial charge is 0.507 e. The van der Waals surface area contributed by atoms with E-state index in [1.54, 1.807) is 6.07 Å². The van der Waals surface area contributed by atoms with E-state index in [1.807, 2.05) is 24.4 Å². The number of para-hydroxylation sites is 5. The van der Waals surface area contributed by atoms with Gasteiger partial charge in [0.1, 0.15) is 11.6 Å².